The first-order chi connectivity index (χ1) is 8.09. The molecule has 90 valence electrons. The van der Waals surface area contributed by atoms with Gasteiger partial charge in [-0.25, -0.2) is 9.67 Å². The first-order valence-corrected chi connectivity index (χ1v) is 5.26. The predicted molar refractivity (Wildman–Crippen MR) is 61.4 cm³/mol. The van der Waals surface area contributed by atoms with Crippen LogP contribution in [0.25, 0.3) is 0 Å². The van der Waals surface area contributed by atoms with E-state index in [9.17, 15) is 4.79 Å². The Balaban J connectivity index is 2.12. The van der Waals surface area contributed by atoms with Crippen molar-refractivity contribution in [3.8, 4) is 0 Å². The molecule has 0 aromatic carbocycles. The summed E-state index contributed by atoms with van der Waals surface area (Å²) in [5.41, 5.74) is 2.32. The van der Waals surface area contributed by atoms with Gasteiger partial charge in [-0.1, -0.05) is 0 Å². The Morgan fingerprint density at radius 1 is 1.53 bits per heavy atom. The number of nitrogens with one attached hydrogen (secondary N) is 2. The number of nitrogens with zero attached hydrogens (tertiary/aromatic N) is 4. The van der Waals surface area contributed by atoms with E-state index in [4.69, 9.17) is 0 Å². The van der Waals surface area contributed by atoms with Gasteiger partial charge in [0.1, 0.15) is 18.7 Å². The summed E-state index contributed by atoms with van der Waals surface area (Å²) in [7, 11) is 0. The van der Waals surface area contributed by atoms with Crippen LogP contribution in [-0.4, -0.2) is 30.9 Å². The van der Waals surface area contributed by atoms with Crippen LogP contribution in [0.5, 0.6) is 0 Å². The van der Waals surface area contributed by atoms with E-state index in [-0.39, 0.29) is 5.91 Å². The largest absolute Gasteiger partial charge is 0.321 e. The van der Waals surface area contributed by atoms with Crippen molar-refractivity contribution in [3.63, 3.8) is 0 Å². The maximum atomic E-state index is 12.0. The third-order valence-electron chi connectivity index (χ3n) is 2.59. The van der Waals surface area contributed by atoms with E-state index in [0.717, 1.165) is 17.1 Å². The molecule has 0 bridgehead atoms. The molecule has 0 aliphatic carbocycles. The van der Waals surface area contributed by atoms with Crippen LogP contribution in [0.3, 0.4) is 0 Å². The summed E-state index contributed by atoms with van der Waals surface area (Å²) in [5.74, 6) is -0.150. The molecule has 0 radical (unpaired) electrons. The second kappa shape index (κ2) is 4.36. The van der Waals surface area contributed by atoms with Crippen LogP contribution in [0.2, 0.25) is 0 Å². The number of aryl methyl sites for hydroxylation is 2. The van der Waals surface area contributed by atoms with Gasteiger partial charge in [0.15, 0.2) is 0 Å². The van der Waals surface area contributed by atoms with Gasteiger partial charge in [0.25, 0.3) is 0 Å². The molecule has 0 spiro atoms. The molecular weight excluding hydrogens is 220 g/mol. The number of amides is 1. The number of aromatic nitrogens is 5. The number of rotatable bonds is 3. The molecule has 1 atom stereocenters. The lowest BCUT2D eigenvalue weighted by atomic mass is 10.2. The number of carbonyl (C=O) groups excluding carboxylic acids is 1. The minimum absolute atomic E-state index is 0.150. The lowest BCUT2D eigenvalue weighted by Crippen LogP contribution is -2.24. The Labute approximate surface area is 98.2 Å². The quantitative estimate of drug-likeness (QED) is 0.822. The first-order valence-electron chi connectivity index (χ1n) is 5.26. The van der Waals surface area contributed by atoms with Gasteiger partial charge in [-0.3, -0.25) is 9.89 Å². The highest BCUT2D eigenvalue weighted by molar-refractivity contribution is 5.94. The summed E-state index contributed by atoms with van der Waals surface area (Å²) >= 11 is 0. The van der Waals surface area contributed by atoms with Crippen molar-refractivity contribution in [1.82, 2.24) is 25.0 Å². The second-order valence-corrected chi connectivity index (χ2v) is 3.85. The Morgan fingerprint density at radius 2 is 2.29 bits per heavy atom. The molecule has 1 amide bonds. The lowest BCUT2D eigenvalue weighted by Gasteiger charge is -2.11. The molecule has 2 heterocycles. The number of carbonyl (C=O) groups is 1. The zero-order chi connectivity index (χ0) is 12.4. The molecule has 17 heavy (non-hydrogen) atoms. The van der Waals surface area contributed by atoms with E-state index in [0.29, 0.717) is 0 Å². The number of hydrogen-bond acceptors (Lipinski definition) is 4. The van der Waals surface area contributed by atoms with Gasteiger partial charge >= 0.3 is 0 Å². The van der Waals surface area contributed by atoms with Crippen LogP contribution in [-0.2, 0) is 4.79 Å². The van der Waals surface area contributed by atoms with Crippen molar-refractivity contribution in [2.24, 2.45) is 0 Å². The van der Waals surface area contributed by atoms with Crippen molar-refractivity contribution < 1.29 is 4.79 Å². The summed E-state index contributed by atoms with van der Waals surface area (Å²) in [4.78, 5) is 15.8. The highest BCUT2D eigenvalue weighted by Gasteiger charge is 2.18. The Morgan fingerprint density at radius 3 is 2.82 bits per heavy atom. The van der Waals surface area contributed by atoms with Crippen molar-refractivity contribution in [1.29, 1.82) is 0 Å². The standard InChI is InChI=1S/C10H14N6O/c1-6-9(7(2)15-14-6)13-10(17)8(3)16-5-11-4-12-16/h4-5,8H,1-3H3,(H,13,17)(H,14,15). The lowest BCUT2D eigenvalue weighted by molar-refractivity contribution is -0.119. The maximum absolute atomic E-state index is 12.0. The van der Waals surface area contributed by atoms with Crippen LogP contribution in [0.1, 0.15) is 24.4 Å². The molecule has 0 saturated carbocycles. The highest BCUT2D eigenvalue weighted by Crippen LogP contribution is 2.17. The summed E-state index contributed by atoms with van der Waals surface area (Å²) in [6.45, 7) is 5.45. The Kier molecular flexibility index (Phi) is 2.90. The third kappa shape index (κ3) is 2.17. The molecule has 2 aromatic heterocycles. The Hall–Kier alpha value is -2.18. The average molecular weight is 234 g/mol. The van der Waals surface area contributed by atoms with E-state index in [1.807, 2.05) is 13.8 Å². The summed E-state index contributed by atoms with van der Waals surface area (Å²) < 4.78 is 1.50. The van der Waals surface area contributed by atoms with Gasteiger partial charge in [-0.15, -0.1) is 0 Å². The van der Waals surface area contributed by atoms with Gasteiger partial charge < -0.3 is 5.32 Å². The zero-order valence-corrected chi connectivity index (χ0v) is 9.93. The van der Waals surface area contributed by atoms with Gasteiger partial charge in [0.05, 0.1) is 17.1 Å². The van der Waals surface area contributed by atoms with Crippen molar-refractivity contribution in [2.45, 2.75) is 26.8 Å². The monoisotopic (exact) mass is 234 g/mol. The van der Waals surface area contributed by atoms with Crippen molar-refractivity contribution in [3.05, 3.63) is 24.0 Å². The van der Waals surface area contributed by atoms with Crippen molar-refractivity contribution in [2.75, 3.05) is 5.32 Å². The number of anilines is 1. The summed E-state index contributed by atoms with van der Waals surface area (Å²) in [6, 6.07) is -0.411. The SMILES string of the molecule is Cc1n[nH]c(C)c1NC(=O)C(C)n1cncn1. The predicted octanol–water partition coefficient (Wildman–Crippen LogP) is 0.818. The van der Waals surface area contributed by atoms with Crippen LogP contribution in [0.15, 0.2) is 12.7 Å². The molecule has 2 aromatic rings. The molecule has 0 aliphatic rings. The van der Waals surface area contributed by atoms with Crippen LogP contribution in [0.4, 0.5) is 5.69 Å². The molecule has 0 aliphatic heterocycles. The fourth-order valence-corrected chi connectivity index (χ4v) is 1.50. The molecule has 7 heteroatoms. The first kappa shape index (κ1) is 11.3. The maximum Gasteiger partial charge on any atom is 0.249 e. The highest BCUT2D eigenvalue weighted by atomic mass is 16.2. The number of aromatic amines is 1. The van der Waals surface area contributed by atoms with E-state index >= 15 is 0 Å². The van der Waals surface area contributed by atoms with Gasteiger partial charge in [-0.2, -0.15) is 10.2 Å². The average Bonchev–Trinajstić information content (AvgIpc) is 2.93. The topological polar surface area (TPSA) is 88.5 Å². The summed E-state index contributed by atoms with van der Waals surface area (Å²) in [5, 5.41) is 13.6. The summed E-state index contributed by atoms with van der Waals surface area (Å²) in [6.07, 6.45) is 2.91. The van der Waals surface area contributed by atoms with Gasteiger partial charge in [0.2, 0.25) is 5.91 Å². The zero-order valence-electron chi connectivity index (χ0n) is 9.93. The molecule has 1 unspecified atom stereocenters. The van der Waals surface area contributed by atoms with Gasteiger partial charge in [-0.05, 0) is 20.8 Å². The van der Waals surface area contributed by atoms with Crippen LogP contribution >= 0.6 is 0 Å². The molecular formula is C10H14N6O. The fourth-order valence-electron chi connectivity index (χ4n) is 1.50. The molecule has 0 fully saturated rings. The Bertz CT molecular complexity index is 495. The molecule has 7 nitrogen and oxygen atoms in total. The van der Waals surface area contributed by atoms with E-state index in [2.05, 4.69) is 25.6 Å². The van der Waals surface area contributed by atoms with Crippen LogP contribution < -0.4 is 5.32 Å². The van der Waals surface area contributed by atoms with E-state index in [1.54, 1.807) is 6.92 Å². The molecule has 2 N–H and O–H groups in total. The number of H-pyrrole nitrogens is 1. The fraction of sp³-hybridized carbons (Fsp3) is 0.400. The molecule has 0 saturated heterocycles. The minimum atomic E-state index is -0.411. The third-order valence-corrected chi connectivity index (χ3v) is 2.59. The minimum Gasteiger partial charge on any atom is -0.321 e. The van der Waals surface area contributed by atoms with Gasteiger partial charge in [0, 0.05) is 0 Å². The van der Waals surface area contributed by atoms with E-state index < -0.39 is 6.04 Å². The normalized spacial score (nSPS) is 12.4. The van der Waals surface area contributed by atoms with E-state index in [1.165, 1.54) is 17.3 Å². The van der Waals surface area contributed by atoms with Crippen LogP contribution in [0, 0.1) is 13.8 Å². The smallest absolute Gasteiger partial charge is 0.249 e. The number of hydrogen-bond donors (Lipinski definition) is 2. The van der Waals surface area contributed by atoms with Crippen molar-refractivity contribution >= 4 is 11.6 Å². The second-order valence-electron chi connectivity index (χ2n) is 3.85. The molecule has 2 rings (SSSR count).